The lowest BCUT2D eigenvalue weighted by molar-refractivity contribution is -0.134. The Morgan fingerprint density at radius 1 is 0.786 bits per heavy atom. The first-order valence-corrected chi connectivity index (χ1v) is 12.9. The van der Waals surface area contributed by atoms with Crippen LogP contribution in [0.15, 0.2) is 73.0 Å². The minimum Gasteiger partial charge on any atom is -0.497 e. The van der Waals surface area contributed by atoms with Gasteiger partial charge in [0.25, 0.3) is 0 Å². The van der Waals surface area contributed by atoms with Gasteiger partial charge in [-0.25, -0.2) is 24.2 Å². The molecule has 0 aliphatic rings. The standard InChI is InChI=1S/C21H32N4O.2C4H4O4/c1-24(15-7-3-5-13-22)16-17-25(21-8-4-6-14-23-21)18-19-9-11-20(26-2)12-10-19;2*5-3(6)1-2-4(7)8/h4,6,8-12,14H,3,5,7,13,15-18,22H2,1-2H3;2*1-2H,(H,5,6)(H,7,8)/b;2*2-1-. The molecule has 1 heterocycles. The lowest BCUT2D eigenvalue weighted by atomic mass is 10.2. The van der Waals surface area contributed by atoms with E-state index >= 15 is 0 Å². The SMILES string of the molecule is COc1ccc(CN(CCN(C)CCCCCN)c2ccccn2)cc1.O=C(O)/C=C\C(=O)O.O=C(O)/C=C\C(=O)O. The molecule has 6 N–H and O–H groups in total. The number of carboxylic acid groups (broad SMARTS) is 4. The van der Waals surface area contributed by atoms with Crippen molar-refractivity contribution in [1.82, 2.24) is 9.88 Å². The molecule has 0 atom stereocenters. The number of hydrogen-bond acceptors (Lipinski definition) is 9. The molecular weight excluding hydrogens is 548 g/mol. The summed E-state index contributed by atoms with van der Waals surface area (Å²) in [5.74, 6) is -3.13. The number of unbranched alkanes of at least 4 members (excludes halogenated alkanes) is 2. The number of ether oxygens (including phenoxy) is 1. The lowest BCUT2D eigenvalue weighted by Crippen LogP contribution is -2.34. The normalized spacial score (nSPS) is 10.4. The zero-order chi connectivity index (χ0) is 31.8. The molecular formula is C29H40N4O9. The van der Waals surface area contributed by atoms with Gasteiger partial charge in [0.15, 0.2) is 0 Å². The molecule has 0 radical (unpaired) electrons. The molecule has 1 aromatic heterocycles. The molecule has 2 rings (SSSR count). The summed E-state index contributed by atoms with van der Waals surface area (Å²) in [5, 5.41) is 31.2. The second-order valence-electron chi connectivity index (χ2n) is 8.63. The van der Waals surface area contributed by atoms with Gasteiger partial charge in [-0.1, -0.05) is 24.6 Å². The summed E-state index contributed by atoms with van der Waals surface area (Å²) in [6.45, 7) is 4.69. The molecule has 42 heavy (non-hydrogen) atoms. The van der Waals surface area contributed by atoms with Crippen molar-refractivity contribution in [2.24, 2.45) is 5.73 Å². The molecule has 230 valence electrons. The van der Waals surface area contributed by atoms with Crippen molar-refractivity contribution in [2.45, 2.75) is 25.8 Å². The van der Waals surface area contributed by atoms with Gasteiger partial charge in [-0.2, -0.15) is 0 Å². The van der Waals surface area contributed by atoms with Crippen LogP contribution in [0, 0.1) is 0 Å². The van der Waals surface area contributed by atoms with Crippen LogP contribution in [-0.2, 0) is 25.7 Å². The lowest BCUT2D eigenvalue weighted by Gasteiger charge is -2.27. The van der Waals surface area contributed by atoms with Crippen molar-refractivity contribution < 1.29 is 44.3 Å². The van der Waals surface area contributed by atoms with Gasteiger partial charge in [0.2, 0.25) is 0 Å². The first-order chi connectivity index (χ1) is 20.0. The highest BCUT2D eigenvalue weighted by atomic mass is 16.5. The number of nitrogens with zero attached hydrogens (tertiary/aromatic N) is 3. The highest BCUT2D eigenvalue weighted by molar-refractivity contribution is 5.90. The van der Waals surface area contributed by atoms with Crippen molar-refractivity contribution in [3.05, 3.63) is 78.5 Å². The molecule has 0 bridgehead atoms. The van der Waals surface area contributed by atoms with Crippen LogP contribution < -0.4 is 15.4 Å². The van der Waals surface area contributed by atoms with E-state index in [1.54, 1.807) is 7.11 Å². The smallest absolute Gasteiger partial charge is 0.328 e. The average Bonchev–Trinajstić information content (AvgIpc) is 2.96. The number of hydrogen-bond donors (Lipinski definition) is 5. The zero-order valence-electron chi connectivity index (χ0n) is 23.8. The number of anilines is 1. The third-order valence-electron chi connectivity index (χ3n) is 5.24. The summed E-state index contributed by atoms with van der Waals surface area (Å²) in [4.78, 5) is 47.5. The molecule has 0 saturated carbocycles. The van der Waals surface area contributed by atoms with E-state index in [4.69, 9.17) is 30.9 Å². The van der Waals surface area contributed by atoms with Gasteiger partial charge in [0.05, 0.1) is 7.11 Å². The summed E-state index contributed by atoms with van der Waals surface area (Å²) in [5.41, 5.74) is 6.82. The summed E-state index contributed by atoms with van der Waals surface area (Å²) in [7, 11) is 3.88. The van der Waals surface area contributed by atoms with Crippen LogP contribution in [0.3, 0.4) is 0 Å². The molecule has 0 fully saturated rings. The van der Waals surface area contributed by atoms with Crippen LogP contribution in [-0.4, -0.2) is 94.5 Å². The van der Waals surface area contributed by atoms with E-state index in [2.05, 4.69) is 40.0 Å². The monoisotopic (exact) mass is 588 g/mol. The Kier molecular flexibility index (Phi) is 20.4. The van der Waals surface area contributed by atoms with Gasteiger partial charge in [-0.3, -0.25) is 0 Å². The number of methoxy groups -OCH3 is 1. The molecule has 13 heteroatoms. The Morgan fingerprint density at radius 2 is 1.33 bits per heavy atom. The van der Waals surface area contributed by atoms with E-state index < -0.39 is 23.9 Å². The number of carbonyl (C=O) groups is 4. The molecule has 0 amide bonds. The maximum absolute atomic E-state index is 9.55. The van der Waals surface area contributed by atoms with Crippen LogP contribution in [0.4, 0.5) is 5.82 Å². The Morgan fingerprint density at radius 3 is 1.76 bits per heavy atom. The van der Waals surface area contributed by atoms with E-state index in [1.165, 1.54) is 18.4 Å². The summed E-state index contributed by atoms with van der Waals surface area (Å²) in [6, 6.07) is 14.3. The fourth-order valence-electron chi connectivity index (χ4n) is 3.16. The topological polar surface area (TPSA) is 204 Å². The largest absolute Gasteiger partial charge is 0.497 e. The highest BCUT2D eigenvalue weighted by Gasteiger charge is 2.10. The minimum atomic E-state index is -1.26. The first kappa shape index (κ1) is 37.2. The summed E-state index contributed by atoms with van der Waals surface area (Å²) < 4.78 is 5.25. The molecule has 2 aromatic rings. The van der Waals surface area contributed by atoms with E-state index in [1.807, 2.05) is 30.5 Å². The number of aliphatic carboxylic acids is 4. The first-order valence-electron chi connectivity index (χ1n) is 12.9. The van der Waals surface area contributed by atoms with E-state index in [0.29, 0.717) is 24.3 Å². The zero-order valence-corrected chi connectivity index (χ0v) is 23.8. The van der Waals surface area contributed by atoms with E-state index in [0.717, 1.165) is 50.7 Å². The minimum absolute atomic E-state index is 0.558. The second-order valence-corrected chi connectivity index (χ2v) is 8.63. The predicted octanol–water partition coefficient (Wildman–Crippen LogP) is 2.58. The third kappa shape index (κ3) is 21.1. The molecule has 1 aromatic carbocycles. The number of nitrogens with two attached hydrogens (primary N) is 1. The van der Waals surface area contributed by atoms with Gasteiger partial charge in [0.1, 0.15) is 11.6 Å². The molecule has 0 unspecified atom stereocenters. The molecule has 0 aliphatic heterocycles. The molecule has 0 aliphatic carbocycles. The number of benzene rings is 1. The second kappa shape index (κ2) is 23.0. The molecule has 13 nitrogen and oxygen atoms in total. The number of rotatable bonds is 16. The Balaban J connectivity index is 0.000000861. The third-order valence-corrected chi connectivity index (χ3v) is 5.24. The Labute approximate surface area is 245 Å². The fraction of sp³-hybridized carbons (Fsp3) is 0.345. The van der Waals surface area contributed by atoms with Gasteiger partial charge < -0.3 is 40.7 Å². The number of pyridine rings is 1. The Hall–Kier alpha value is -4.75. The molecule has 0 saturated heterocycles. The average molecular weight is 589 g/mol. The van der Waals surface area contributed by atoms with Crippen LogP contribution in [0.5, 0.6) is 5.75 Å². The number of carboxylic acids is 4. The summed E-state index contributed by atoms with van der Waals surface area (Å²) in [6.07, 6.45) is 7.61. The van der Waals surface area contributed by atoms with Crippen molar-refractivity contribution >= 4 is 29.7 Å². The quantitative estimate of drug-likeness (QED) is 0.141. The predicted molar refractivity (Wildman–Crippen MR) is 158 cm³/mol. The van der Waals surface area contributed by atoms with Crippen molar-refractivity contribution in [1.29, 1.82) is 0 Å². The fourth-order valence-corrected chi connectivity index (χ4v) is 3.16. The maximum atomic E-state index is 9.55. The van der Waals surface area contributed by atoms with Crippen LogP contribution >= 0.6 is 0 Å². The van der Waals surface area contributed by atoms with Crippen molar-refractivity contribution in [2.75, 3.05) is 45.2 Å². The van der Waals surface area contributed by atoms with Gasteiger partial charge >= 0.3 is 23.9 Å². The summed E-state index contributed by atoms with van der Waals surface area (Å²) >= 11 is 0. The van der Waals surface area contributed by atoms with Crippen LogP contribution in [0.25, 0.3) is 0 Å². The van der Waals surface area contributed by atoms with Gasteiger partial charge in [0, 0.05) is 50.1 Å². The van der Waals surface area contributed by atoms with Crippen molar-refractivity contribution in [3.63, 3.8) is 0 Å². The molecule has 0 spiro atoms. The highest BCUT2D eigenvalue weighted by Crippen LogP contribution is 2.17. The van der Waals surface area contributed by atoms with Gasteiger partial charge in [-0.15, -0.1) is 0 Å². The maximum Gasteiger partial charge on any atom is 0.328 e. The Bertz CT molecular complexity index is 1060. The number of likely N-dealkylation sites (N-methyl/N-ethyl adjacent to an activating group) is 1. The van der Waals surface area contributed by atoms with E-state index in [9.17, 15) is 19.2 Å². The van der Waals surface area contributed by atoms with Crippen LogP contribution in [0.1, 0.15) is 24.8 Å². The number of aromatic nitrogens is 1. The van der Waals surface area contributed by atoms with Gasteiger partial charge in [-0.05, 0) is 62.8 Å². The van der Waals surface area contributed by atoms with Crippen LogP contribution in [0.2, 0.25) is 0 Å². The van der Waals surface area contributed by atoms with E-state index in [-0.39, 0.29) is 0 Å². The van der Waals surface area contributed by atoms with Crippen molar-refractivity contribution in [3.8, 4) is 5.75 Å².